The van der Waals surface area contributed by atoms with E-state index in [0.29, 0.717) is 42.1 Å². The van der Waals surface area contributed by atoms with Crippen LogP contribution >= 0.6 is 0 Å². The second-order valence-electron chi connectivity index (χ2n) is 5.18. The van der Waals surface area contributed by atoms with E-state index in [4.69, 9.17) is 9.47 Å². The normalized spacial score (nSPS) is 10.1. The van der Waals surface area contributed by atoms with Crippen molar-refractivity contribution in [2.24, 2.45) is 9.98 Å². The van der Waals surface area contributed by atoms with Crippen molar-refractivity contribution >= 4 is 12.4 Å². The zero-order valence-corrected chi connectivity index (χ0v) is 16.7. The molecular weight excluding hydrogens is 411 g/mol. The third kappa shape index (κ3) is 7.56. The predicted octanol–water partition coefficient (Wildman–Crippen LogP) is -0.0672. The summed E-state index contributed by atoms with van der Waals surface area (Å²) in [6.07, 6.45) is 3.81. The molecule has 156 valence electrons. The number of para-hydroxylation sites is 2. The van der Waals surface area contributed by atoms with Gasteiger partial charge < -0.3 is 30.6 Å². The van der Waals surface area contributed by atoms with E-state index in [1.54, 1.807) is 48.8 Å². The molecule has 0 amide bonds. The van der Waals surface area contributed by atoms with Crippen LogP contribution in [-0.4, -0.2) is 39.7 Å². The maximum Gasteiger partial charge on any atom is 2.00 e. The minimum absolute atomic E-state index is 0. The first-order valence-corrected chi connectivity index (χ1v) is 7.85. The average molecular weight is 437 g/mol. The van der Waals surface area contributed by atoms with Crippen LogP contribution in [0, 0.1) is 0 Å². The number of hydrogen-bond acceptors (Lipinski definition) is 6. The minimum atomic E-state index is -0.173. The number of ether oxygens (including phenoxy) is 2. The first-order chi connectivity index (χ1) is 12.2. The van der Waals surface area contributed by atoms with Gasteiger partial charge in [-0.2, -0.15) is 0 Å². The molecule has 9 heteroatoms. The first-order valence-electron chi connectivity index (χ1n) is 7.85. The summed E-state index contributed by atoms with van der Waals surface area (Å²) in [6, 6.07) is 10.1. The topological polar surface area (TPSA) is 155 Å². The van der Waals surface area contributed by atoms with E-state index >= 15 is 0 Å². The van der Waals surface area contributed by atoms with Crippen molar-refractivity contribution in [2.45, 2.75) is 6.42 Å². The van der Waals surface area contributed by atoms with Gasteiger partial charge in [0, 0.05) is 25.5 Å². The van der Waals surface area contributed by atoms with Crippen LogP contribution < -0.4 is 19.7 Å². The molecule has 0 aliphatic heterocycles. The van der Waals surface area contributed by atoms with Gasteiger partial charge in [0.25, 0.3) is 0 Å². The molecule has 0 bridgehead atoms. The molecule has 2 aromatic carbocycles. The van der Waals surface area contributed by atoms with Gasteiger partial charge in [-0.25, -0.2) is 0 Å². The van der Waals surface area contributed by atoms with Crippen molar-refractivity contribution in [1.29, 1.82) is 0 Å². The summed E-state index contributed by atoms with van der Waals surface area (Å²) in [5, 5.41) is 23.9. The quantitative estimate of drug-likeness (QED) is 0.245. The molecule has 0 aliphatic carbocycles. The Labute approximate surface area is 174 Å². The second kappa shape index (κ2) is 14.5. The minimum Gasteiger partial charge on any atom is -0.870 e. The largest absolute Gasteiger partial charge is 2.00 e. The molecule has 0 heterocycles. The van der Waals surface area contributed by atoms with Gasteiger partial charge in [-0.3, -0.25) is 9.98 Å². The molecule has 0 aliphatic rings. The molecule has 0 saturated carbocycles. The van der Waals surface area contributed by atoms with E-state index in [0.717, 1.165) is 0 Å². The Bertz CT molecular complexity index is 705. The molecule has 0 aromatic heterocycles. The van der Waals surface area contributed by atoms with Crippen LogP contribution in [0.4, 0.5) is 0 Å². The second-order valence-corrected chi connectivity index (χ2v) is 5.18. The fraction of sp³-hybridized carbons (Fsp3) is 0.263. The maximum atomic E-state index is 11.9. The van der Waals surface area contributed by atoms with Crippen molar-refractivity contribution in [3.8, 4) is 23.0 Å². The average Bonchev–Trinajstić information content (AvgIpc) is 2.63. The van der Waals surface area contributed by atoms with E-state index < -0.39 is 0 Å². The van der Waals surface area contributed by atoms with Crippen molar-refractivity contribution in [2.75, 3.05) is 27.3 Å². The number of aliphatic imine (C=N–C) groups is 2. The smallest absolute Gasteiger partial charge is 0.870 e. The molecule has 2 rings (SSSR count). The maximum absolute atomic E-state index is 11.9. The van der Waals surface area contributed by atoms with Crippen LogP contribution in [-0.2, 0) is 27.4 Å². The van der Waals surface area contributed by atoms with E-state index in [1.807, 2.05) is 0 Å². The Balaban J connectivity index is 0. The van der Waals surface area contributed by atoms with E-state index in [2.05, 4.69) is 9.98 Å². The number of hydrogen-bond donors (Lipinski definition) is 0. The molecule has 0 fully saturated rings. The van der Waals surface area contributed by atoms with Crippen LogP contribution in [0.3, 0.4) is 0 Å². The van der Waals surface area contributed by atoms with E-state index in [1.165, 1.54) is 14.2 Å². The van der Waals surface area contributed by atoms with Gasteiger partial charge >= 0.3 is 16.5 Å². The summed E-state index contributed by atoms with van der Waals surface area (Å²) in [7, 11) is 2.93. The fourth-order valence-electron chi connectivity index (χ4n) is 2.17. The van der Waals surface area contributed by atoms with Crippen molar-refractivity contribution in [3.05, 3.63) is 47.5 Å². The third-order valence-corrected chi connectivity index (χ3v) is 3.49. The molecule has 0 atom stereocenters. The molecular formula is C19H26N2NiO6+2. The number of nitrogens with zero attached hydrogens (tertiary/aromatic N) is 2. The Morgan fingerprint density at radius 2 is 1.18 bits per heavy atom. The summed E-state index contributed by atoms with van der Waals surface area (Å²) in [4.78, 5) is 8.46. The van der Waals surface area contributed by atoms with Crippen molar-refractivity contribution in [3.63, 3.8) is 0 Å². The standard InChI is InChI=1S/C19H22N2O4.Ni.2H2O/c1-24-16-8-3-6-14(18(16)22)12-20-10-5-11-21-13-15-7-4-9-17(25-2)19(15)23;;;/h3-4,6-9,12-13,22-23H,5,10-11H2,1-2H3;;2*1H2/q;+2;;. The Morgan fingerprint density at radius 1 is 0.786 bits per heavy atom. The van der Waals surface area contributed by atoms with E-state index in [9.17, 15) is 10.2 Å². The van der Waals surface area contributed by atoms with Gasteiger partial charge in [-0.15, -0.1) is 0 Å². The van der Waals surface area contributed by atoms with Crippen LogP contribution in [0.2, 0.25) is 0 Å². The van der Waals surface area contributed by atoms with Gasteiger partial charge in [-0.05, 0) is 29.7 Å². The molecule has 0 radical (unpaired) electrons. The predicted molar refractivity (Wildman–Crippen MR) is 104 cm³/mol. The summed E-state index contributed by atoms with van der Waals surface area (Å²) in [5.41, 5.74) is 0.991. The van der Waals surface area contributed by atoms with Gasteiger partial charge in [0.1, 0.15) is 11.5 Å². The number of benzene rings is 2. The van der Waals surface area contributed by atoms with Crippen LogP contribution in [0.25, 0.3) is 0 Å². The van der Waals surface area contributed by atoms with E-state index in [-0.39, 0.29) is 38.9 Å². The number of methoxy groups -OCH3 is 2. The Morgan fingerprint density at radius 3 is 1.54 bits per heavy atom. The van der Waals surface area contributed by atoms with Crippen molar-refractivity contribution < 1.29 is 47.1 Å². The summed E-state index contributed by atoms with van der Waals surface area (Å²) in [5.74, 6) is 0.265. The van der Waals surface area contributed by atoms with Gasteiger partial charge in [0.15, 0.2) is 0 Å². The first kappa shape index (κ1) is 27.6. The van der Waals surface area contributed by atoms with Gasteiger partial charge in [-0.1, -0.05) is 35.8 Å². The monoisotopic (exact) mass is 436 g/mol. The zero-order valence-electron chi connectivity index (χ0n) is 15.7. The molecule has 8 nitrogen and oxygen atoms in total. The zero-order chi connectivity index (χ0) is 18.1. The van der Waals surface area contributed by atoms with Crippen molar-refractivity contribution in [1.82, 2.24) is 0 Å². The van der Waals surface area contributed by atoms with Gasteiger partial charge in [0.05, 0.1) is 14.2 Å². The fourth-order valence-corrected chi connectivity index (χ4v) is 2.17. The molecule has 28 heavy (non-hydrogen) atoms. The van der Waals surface area contributed by atoms with Gasteiger partial charge in [0.2, 0.25) is 0 Å². The third-order valence-electron chi connectivity index (χ3n) is 3.49. The Hall–Kier alpha value is -2.61. The number of rotatable bonds is 8. The van der Waals surface area contributed by atoms with Crippen LogP contribution in [0.5, 0.6) is 23.0 Å². The summed E-state index contributed by atoms with van der Waals surface area (Å²) >= 11 is 0. The molecule has 0 unspecified atom stereocenters. The van der Waals surface area contributed by atoms with Crippen LogP contribution in [0.15, 0.2) is 46.4 Å². The summed E-state index contributed by atoms with van der Waals surface area (Å²) < 4.78 is 9.97. The Kier molecular flexibility index (Phi) is 14.3. The summed E-state index contributed by atoms with van der Waals surface area (Å²) in [6.45, 7) is 1.08. The SMILES string of the molecule is COc1cccc(C=NCCCN=Cc2cccc(OC)c2[O-])c1[O-].[Ni+2].[OH3+].[OH3+]. The molecule has 0 saturated heterocycles. The van der Waals surface area contributed by atoms with Crippen LogP contribution in [0.1, 0.15) is 17.5 Å². The molecule has 0 spiro atoms. The molecule has 6 N–H and O–H groups in total. The molecule has 2 aromatic rings.